The van der Waals surface area contributed by atoms with Crippen molar-refractivity contribution in [1.82, 2.24) is 0 Å². The van der Waals surface area contributed by atoms with Crippen molar-refractivity contribution in [2.24, 2.45) is 5.92 Å². The first kappa shape index (κ1) is 18.5. The predicted molar refractivity (Wildman–Crippen MR) is 100 cm³/mol. The lowest BCUT2D eigenvalue weighted by atomic mass is 10.1. The van der Waals surface area contributed by atoms with Crippen LogP contribution in [0.4, 0.5) is 11.4 Å². The van der Waals surface area contributed by atoms with Crippen LogP contribution < -0.4 is 15.4 Å². The summed E-state index contributed by atoms with van der Waals surface area (Å²) in [6.07, 6.45) is 0.869. The molecule has 5 heteroatoms. The van der Waals surface area contributed by atoms with E-state index in [1.807, 2.05) is 26.8 Å². The molecule has 0 aromatic heterocycles. The Kier molecular flexibility index (Phi) is 6.57. The summed E-state index contributed by atoms with van der Waals surface area (Å²) < 4.78 is 5.63. The van der Waals surface area contributed by atoms with E-state index >= 15 is 0 Å². The summed E-state index contributed by atoms with van der Waals surface area (Å²) in [7, 11) is 0. The zero-order valence-corrected chi connectivity index (χ0v) is 14.8. The van der Waals surface area contributed by atoms with Gasteiger partial charge in [0.15, 0.2) is 0 Å². The summed E-state index contributed by atoms with van der Waals surface area (Å²) in [6, 6.07) is 14.2. The van der Waals surface area contributed by atoms with Crippen molar-refractivity contribution in [2.45, 2.75) is 27.2 Å². The van der Waals surface area contributed by atoms with Gasteiger partial charge in [0, 0.05) is 17.3 Å². The fraction of sp³-hybridized carbons (Fsp3) is 0.300. The molecule has 0 bridgehead atoms. The fourth-order valence-corrected chi connectivity index (χ4v) is 2.15. The van der Waals surface area contributed by atoms with Crippen molar-refractivity contribution in [1.29, 1.82) is 0 Å². The molecule has 0 spiro atoms. The Morgan fingerprint density at radius 2 is 1.68 bits per heavy atom. The Bertz CT molecular complexity index is 741. The molecule has 5 nitrogen and oxygen atoms in total. The van der Waals surface area contributed by atoms with Crippen LogP contribution in [0.3, 0.4) is 0 Å². The molecule has 2 rings (SSSR count). The average Bonchev–Trinajstić information content (AvgIpc) is 2.60. The standard InChI is InChI=1S/C20H24N2O3/c1-4-12-25-18-11-6-5-10-17(18)20(24)22-16-9-7-8-15(13-16)21-19(23)14(2)3/h5-11,13-14H,4,12H2,1-3H3,(H,21,23)(H,22,24). The van der Waals surface area contributed by atoms with Crippen LogP contribution in [-0.2, 0) is 4.79 Å². The first-order valence-electron chi connectivity index (χ1n) is 8.45. The monoisotopic (exact) mass is 340 g/mol. The van der Waals surface area contributed by atoms with Crippen molar-refractivity contribution < 1.29 is 14.3 Å². The number of ether oxygens (including phenoxy) is 1. The van der Waals surface area contributed by atoms with Crippen molar-refractivity contribution in [3.05, 3.63) is 54.1 Å². The largest absolute Gasteiger partial charge is 0.493 e. The summed E-state index contributed by atoms with van der Waals surface area (Å²) in [5.41, 5.74) is 1.73. The smallest absolute Gasteiger partial charge is 0.259 e. The highest BCUT2D eigenvalue weighted by Gasteiger charge is 2.13. The van der Waals surface area contributed by atoms with E-state index in [1.165, 1.54) is 0 Å². The van der Waals surface area contributed by atoms with E-state index in [4.69, 9.17) is 4.74 Å². The Hall–Kier alpha value is -2.82. The number of benzene rings is 2. The number of amides is 2. The molecule has 0 fully saturated rings. The number of hydrogen-bond acceptors (Lipinski definition) is 3. The first-order valence-corrected chi connectivity index (χ1v) is 8.45. The maximum atomic E-state index is 12.6. The number of nitrogens with one attached hydrogen (secondary N) is 2. The lowest BCUT2D eigenvalue weighted by Crippen LogP contribution is -2.18. The molecule has 132 valence electrons. The first-order chi connectivity index (χ1) is 12.0. The molecule has 0 aliphatic rings. The molecule has 2 aromatic rings. The van der Waals surface area contributed by atoms with Gasteiger partial charge in [0.05, 0.1) is 12.2 Å². The second-order valence-electron chi connectivity index (χ2n) is 6.02. The van der Waals surface area contributed by atoms with Gasteiger partial charge in [-0.3, -0.25) is 9.59 Å². The second-order valence-corrected chi connectivity index (χ2v) is 6.02. The molecular formula is C20H24N2O3. The number of para-hydroxylation sites is 1. The third-order valence-corrected chi connectivity index (χ3v) is 3.51. The third-order valence-electron chi connectivity index (χ3n) is 3.51. The van der Waals surface area contributed by atoms with Gasteiger partial charge in [0.1, 0.15) is 5.75 Å². The Morgan fingerprint density at radius 3 is 2.36 bits per heavy atom. The van der Waals surface area contributed by atoms with Gasteiger partial charge in [-0.25, -0.2) is 0 Å². The van der Waals surface area contributed by atoms with Crippen molar-refractivity contribution >= 4 is 23.2 Å². The number of carbonyl (C=O) groups is 2. The van der Waals surface area contributed by atoms with Crippen LogP contribution in [-0.4, -0.2) is 18.4 Å². The van der Waals surface area contributed by atoms with Gasteiger partial charge >= 0.3 is 0 Å². The van der Waals surface area contributed by atoms with Crippen LogP contribution in [0.5, 0.6) is 5.75 Å². The van der Waals surface area contributed by atoms with Crippen LogP contribution in [0.15, 0.2) is 48.5 Å². The molecule has 0 aliphatic carbocycles. The third kappa shape index (κ3) is 5.35. The molecule has 0 saturated heterocycles. The van der Waals surface area contributed by atoms with Crippen LogP contribution in [0.2, 0.25) is 0 Å². The molecular weight excluding hydrogens is 316 g/mol. The number of rotatable bonds is 7. The van der Waals surface area contributed by atoms with Gasteiger partial charge in [-0.2, -0.15) is 0 Å². The van der Waals surface area contributed by atoms with Gasteiger partial charge in [-0.15, -0.1) is 0 Å². The Labute approximate surface area is 148 Å². The summed E-state index contributed by atoms with van der Waals surface area (Å²) in [5.74, 6) is 0.132. The molecule has 0 radical (unpaired) electrons. The van der Waals surface area contributed by atoms with E-state index in [0.717, 1.165) is 6.42 Å². The Morgan fingerprint density at radius 1 is 1.00 bits per heavy atom. The maximum absolute atomic E-state index is 12.6. The van der Waals surface area contributed by atoms with E-state index < -0.39 is 0 Å². The summed E-state index contributed by atoms with van der Waals surface area (Å²) in [5, 5.41) is 5.67. The summed E-state index contributed by atoms with van der Waals surface area (Å²) >= 11 is 0. The summed E-state index contributed by atoms with van der Waals surface area (Å²) in [4.78, 5) is 24.4. The van der Waals surface area contributed by atoms with Gasteiger partial charge in [0.2, 0.25) is 5.91 Å². The fourth-order valence-electron chi connectivity index (χ4n) is 2.15. The molecule has 2 amide bonds. The van der Waals surface area contributed by atoms with E-state index in [-0.39, 0.29) is 17.7 Å². The molecule has 25 heavy (non-hydrogen) atoms. The quantitative estimate of drug-likeness (QED) is 0.788. The minimum atomic E-state index is -0.251. The molecule has 0 heterocycles. The highest BCUT2D eigenvalue weighted by molar-refractivity contribution is 6.06. The number of carbonyl (C=O) groups excluding carboxylic acids is 2. The van der Waals surface area contributed by atoms with E-state index in [9.17, 15) is 9.59 Å². The van der Waals surface area contributed by atoms with Gasteiger partial charge in [0.25, 0.3) is 5.91 Å². The zero-order valence-electron chi connectivity index (χ0n) is 14.8. The van der Waals surface area contributed by atoms with E-state index in [1.54, 1.807) is 42.5 Å². The van der Waals surface area contributed by atoms with E-state index in [0.29, 0.717) is 29.3 Å². The Balaban J connectivity index is 2.12. The molecule has 2 aromatic carbocycles. The SMILES string of the molecule is CCCOc1ccccc1C(=O)Nc1cccc(NC(=O)C(C)C)c1. The molecule has 2 N–H and O–H groups in total. The van der Waals surface area contributed by atoms with Crippen LogP contribution >= 0.6 is 0 Å². The van der Waals surface area contributed by atoms with Gasteiger partial charge in [-0.05, 0) is 36.8 Å². The van der Waals surface area contributed by atoms with Crippen molar-refractivity contribution in [3.63, 3.8) is 0 Å². The second kappa shape index (κ2) is 8.87. The predicted octanol–water partition coefficient (Wildman–Crippen LogP) is 4.32. The normalized spacial score (nSPS) is 10.4. The lowest BCUT2D eigenvalue weighted by molar-refractivity contribution is -0.118. The van der Waals surface area contributed by atoms with Crippen LogP contribution in [0.25, 0.3) is 0 Å². The zero-order chi connectivity index (χ0) is 18.2. The average molecular weight is 340 g/mol. The molecule has 0 unspecified atom stereocenters. The minimum absolute atomic E-state index is 0.0678. The van der Waals surface area contributed by atoms with Gasteiger partial charge < -0.3 is 15.4 Å². The highest BCUT2D eigenvalue weighted by atomic mass is 16.5. The molecule has 0 atom stereocenters. The molecule has 0 aliphatic heterocycles. The molecule has 0 saturated carbocycles. The topological polar surface area (TPSA) is 67.4 Å². The highest BCUT2D eigenvalue weighted by Crippen LogP contribution is 2.21. The maximum Gasteiger partial charge on any atom is 0.259 e. The summed E-state index contributed by atoms with van der Waals surface area (Å²) in [6.45, 7) is 6.23. The van der Waals surface area contributed by atoms with Crippen molar-refractivity contribution in [3.8, 4) is 5.75 Å². The number of hydrogen-bond donors (Lipinski definition) is 2. The van der Waals surface area contributed by atoms with E-state index in [2.05, 4.69) is 10.6 Å². The lowest BCUT2D eigenvalue weighted by Gasteiger charge is -2.12. The minimum Gasteiger partial charge on any atom is -0.493 e. The van der Waals surface area contributed by atoms with Crippen molar-refractivity contribution in [2.75, 3.05) is 17.2 Å². The van der Waals surface area contributed by atoms with Gasteiger partial charge in [-0.1, -0.05) is 39.0 Å². The number of anilines is 2. The van der Waals surface area contributed by atoms with Crippen LogP contribution in [0.1, 0.15) is 37.6 Å². The van der Waals surface area contributed by atoms with Crippen LogP contribution in [0, 0.1) is 5.92 Å².